The number of nitrogens with zero attached hydrogens (tertiary/aromatic N) is 1. The zero-order valence-corrected chi connectivity index (χ0v) is 16.3. The highest BCUT2D eigenvalue weighted by Crippen LogP contribution is 2.25. The highest BCUT2D eigenvalue weighted by molar-refractivity contribution is 7.88. The van der Waals surface area contributed by atoms with Crippen LogP contribution in [0.15, 0.2) is 36.5 Å². The maximum atomic E-state index is 14.0. The van der Waals surface area contributed by atoms with Crippen molar-refractivity contribution in [3.63, 3.8) is 0 Å². The van der Waals surface area contributed by atoms with Gasteiger partial charge in [-0.25, -0.2) is 17.5 Å². The van der Waals surface area contributed by atoms with Crippen LogP contribution >= 0.6 is 11.6 Å². The van der Waals surface area contributed by atoms with Crippen molar-refractivity contribution in [1.29, 1.82) is 0 Å². The SMILES string of the molecule is CS(=O)(=O)NC1COCCC1COc1ccc(-c2ncc(Cl)cc2F)cc1. The van der Waals surface area contributed by atoms with Crippen molar-refractivity contribution in [3.05, 3.63) is 47.4 Å². The van der Waals surface area contributed by atoms with E-state index in [1.165, 1.54) is 12.3 Å². The number of pyridine rings is 1. The first kappa shape index (κ1) is 20.0. The van der Waals surface area contributed by atoms with Gasteiger partial charge in [-0.2, -0.15) is 0 Å². The second-order valence-corrected chi connectivity index (χ2v) is 8.66. The van der Waals surface area contributed by atoms with Gasteiger partial charge >= 0.3 is 0 Å². The first-order chi connectivity index (χ1) is 12.8. The highest BCUT2D eigenvalue weighted by atomic mass is 35.5. The Hall–Kier alpha value is -1.74. The summed E-state index contributed by atoms with van der Waals surface area (Å²) in [5, 5.41) is 0.241. The minimum Gasteiger partial charge on any atom is -0.493 e. The second kappa shape index (κ2) is 8.52. The van der Waals surface area contributed by atoms with Crippen molar-refractivity contribution in [1.82, 2.24) is 9.71 Å². The van der Waals surface area contributed by atoms with Crippen LogP contribution in [0, 0.1) is 11.7 Å². The van der Waals surface area contributed by atoms with E-state index in [0.29, 0.717) is 37.6 Å². The quantitative estimate of drug-likeness (QED) is 0.786. The molecule has 0 saturated carbocycles. The van der Waals surface area contributed by atoms with E-state index in [-0.39, 0.29) is 22.7 Å². The second-order valence-electron chi connectivity index (χ2n) is 6.44. The number of nitrogens with one attached hydrogen (secondary N) is 1. The lowest BCUT2D eigenvalue weighted by molar-refractivity contribution is 0.0275. The van der Waals surface area contributed by atoms with Gasteiger partial charge in [-0.3, -0.25) is 4.98 Å². The molecule has 0 aliphatic carbocycles. The fourth-order valence-electron chi connectivity index (χ4n) is 2.93. The molecule has 2 aromatic rings. The number of sulfonamides is 1. The van der Waals surface area contributed by atoms with Gasteiger partial charge in [0.25, 0.3) is 0 Å². The highest BCUT2D eigenvalue weighted by Gasteiger charge is 2.28. The summed E-state index contributed by atoms with van der Waals surface area (Å²) in [5.41, 5.74) is 0.826. The lowest BCUT2D eigenvalue weighted by atomic mass is 9.97. The monoisotopic (exact) mass is 414 g/mol. The first-order valence-electron chi connectivity index (χ1n) is 8.41. The average molecular weight is 415 g/mol. The topological polar surface area (TPSA) is 77.5 Å². The third-order valence-corrected chi connectivity index (χ3v) is 5.20. The third kappa shape index (κ3) is 5.62. The fraction of sp³-hybridized carbons (Fsp3) is 0.389. The molecule has 6 nitrogen and oxygen atoms in total. The van der Waals surface area contributed by atoms with Crippen LogP contribution in [0.25, 0.3) is 11.3 Å². The smallest absolute Gasteiger partial charge is 0.209 e. The fourth-order valence-corrected chi connectivity index (χ4v) is 3.88. The summed E-state index contributed by atoms with van der Waals surface area (Å²) in [6, 6.07) is 7.78. The molecule has 146 valence electrons. The van der Waals surface area contributed by atoms with Crippen molar-refractivity contribution >= 4 is 21.6 Å². The van der Waals surface area contributed by atoms with Crippen LogP contribution in [0.1, 0.15) is 6.42 Å². The van der Waals surface area contributed by atoms with Crippen molar-refractivity contribution in [2.24, 2.45) is 5.92 Å². The first-order valence-corrected chi connectivity index (χ1v) is 10.7. The maximum absolute atomic E-state index is 14.0. The van der Waals surface area contributed by atoms with E-state index in [1.807, 2.05) is 0 Å². The number of rotatable bonds is 6. The molecule has 2 unspecified atom stereocenters. The van der Waals surface area contributed by atoms with Crippen LogP contribution < -0.4 is 9.46 Å². The molecule has 27 heavy (non-hydrogen) atoms. The molecular weight excluding hydrogens is 395 g/mol. The van der Waals surface area contributed by atoms with Crippen LogP contribution in [0.5, 0.6) is 5.75 Å². The summed E-state index contributed by atoms with van der Waals surface area (Å²) in [7, 11) is -3.32. The van der Waals surface area contributed by atoms with E-state index in [9.17, 15) is 12.8 Å². The molecule has 0 bridgehead atoms. The van der Waals surface area contributed by atoms with E-state index >= 15 is 0 Å². The third-order valence-electron chi connectivity index (χ3n) is 4.26. The largest absolute Gasteiger partial charge is 0.493 e. The summed E-state index contributed by atoms with van der Waals surface area (Å²) in [4.78, 5) is 4.01. The Bertz CT molecular complexity index is 893. The Morgan fingerprint density at radius 1 is 1.37 bits per heavy atom. The van der Waals surface area contributed by atoms with Gasteiger partial charge < -0.3 is 9.47 Å². The van der Waals surface area contributed by atoms with Gasteiger partial charge in [0.05, 0.1) is 30.5 Å². The Labute approximate surface area is 162 Å². The molecular formula is C18H20ClFN2O4S. The molecule has 9 heteroatoms. The van der Waals surface area contributed by atoms with Gasteiger partial charge in [-0.05, 0) is 36.8 Å². The van der Waals surface area contributed by atoms with Gasteiger partial charge in [-0.1, -0.05) is 11.6 Å². The minimum atomic E-state index is -3.32. The number of benzene rings is 1. The van der Waals surface area contributed by atoms with Crippen molar-refractivity contribution < 1.29 is 22.3 Å². The number of halogens is 2. The summed E-state index contributed by atoms with van der Waals surface area (Å²) in [5.74, 6) is 0.120. The lowest BCUT2D eigenvalue weighted by Crippen LogP contribution is -2.48. The van der Waals surface area contributed by atoms with Crippen LogP contribution in [0.3, 0.4) is 0 Å². The Morgan fingerprint density at radius 3 is 2.78 bits per heavy atom. The van der Waals surface area contributed by atoms with Gasteiger partial charge in [0.15, 0.2) is 5.82 Å². The maximum Gasteiger partial charge on any atom is 0.209 e. The molecule has 1 saturated heterocycles. The molecule has 2 heterocycles. The average Bonchev–Trinajstić information content (AvgIpc) is 2.60. The molecule has 3 rings (SSSR count). The molecule has 0 spiro atoms. The van der Waals surface area contributed by atoms with E-state index < -0.39 is 15.8 Å². The standard InChI is InChI=1S/C18H20ClFN2O4S/c1-27(23,24)22-17-11-25-7-6-13(17)10-26-15-4-2-12(3-5-15)18-16(20)8-14(19)9-21-18/h2-5,8-9,13,17,22H,6-7,10-11H2,1H3. The van der Waals surface area contributed by atoms with Crippen LogP contribution in [0.4, 0.5) is 4.39 Å². The molecule has 1 aromatic heterocycles. The van der Waals surface area contributed by atoms with E-state index in [0.717, 1.165) is 6.26 Å². The molecule has 0 amide bonds. The van der Waals surface area contributed by atoms with Gasteiger partial charge in [0.2, 0.25) is 10.0 Å². The van der Waals surface area contributed by atoms with Gasteiger partial charge in [-0.15, -0.1) is 0 Å². The van der Waals surface area contributed by atoms with Crippen molar-refractivity contribution in [2.45, 2.75) is 12.5 Å². The van der Waals surface area contributed by atoms with Crippen molar-refractivity contribution in [2.75, 3.05) is 26.1 Å². The van der Waals surface area contributed by atoms with Crippen LogP contribution in [0.2, 0.25) is 5.02 Å². The summed E-state index contributed by atoms with van der Waals surface area (Å²) in [6.07, 6.45) is 3.22. The number of ether oxygens (including phenoxy) is 2. The predicted octanol–water partition coefficient (Wildman–Crippen LogP) is 2.87. The molecule has 1 fully saturated rings. The number of hydrogen-bond acceptors (Lipinski definition) is 5. The zero-order valence-electron chi connectivity index (χ0n) is 14.7. The van der Waals surface area contributed by atoms with Gasteiger partial charge in [0, 0.05) is 24.3 Å². The van der Waals surface area contributed by atoms with E-state index in [1.54, 1.807) is 24.3 Å². The molecule has 1 aliphatic heterocycles. The van der Waals surface area contributed by atoms with Crippen LogP contribution in [-0.2, 0) is 14.8 Å². The van der Waals surface area contributed by atoms with E-state index in [2.05, 4.69) is 9.71 Å². The van der Waals surface area contributed by atoms with E-state index in [4.69, 9.17) is 21.1 Å². The Kier molecular flexibility index (Phi) is 6.31. The molecule has 0 radical (unpaired) electrons. The Balaban J connectivity index is 1.64. The zero-order chi connectivity index (χ0) is 19.4. The Morgan fingerprint density at radius 2 is 2.11 bits per heavy atom. The normalized spacial score (nSPS) is 20.4. The molecule has 1 aliphatic rings. The molecule has 2 atom stereocenters. The van der Waals surface area contributed by atoms with Gasteiger partial charge in [0.1, 0.15) is 11.4 Å². The molecule has 1 N–H and O–H groups in total. The summed E-state index contributed by atoms with van der Waals surface area (Å²) < 4.78 is 50.7. The predicted molar refractivity (Wildman–Crippen MR) is 101 cm³/mol. The lowest BCUT2D eigenvalue weighted by Gasteiger charge is -2.31. The number of hydrogen-bond donors (Lipinski definition) is 1. The molecule has 1 aromatic carbocycles. The summed E-state index contributed by atoms with van der Waals surface area (Å²) in [6.45, 7) is 1.24. The number of aromatic nitrogens is 1. The van der Waals surface area contributed by atoms with Crippen LogP contribution in [-0.4, -0.2) is 45.5 Å². The minimum absolute atomic E-state index is 0.00327. The van der Waals surface area contributed by atoms with Crippen molar-refractivity contribution in [3.8, 4) is 17.0 Å². The summed E-state index contributed by atoms with van der Waals surface area (Å²) >= 11 is 5.72.